The maximum Gasteiger partial charge on any atom is 0.273 e. The summed E-state index contributed by atoms with van der Waals surface area (Å²) in [6.07, 6.45) is 9.92. The lowest BCUT2D eigenvalue weighted by atomic mass is 10.2. The van der Waals surface area contributed by atoms with Crippen LogP contribution in [0.25, 0.3) is 0 Å². The van der Waals surface area contributed by atoms with Gasteiger partial charge in [0.25, 0.3) is 10.1 Å². The smallest absolute Gasteiger partial charge is 0.273 e. The van der Waals surface area contributed by atoms with Gasteiger partial charge in [0.1, 0.15) is 5.25 Å². The first kappa shape index (κ1) is 37.3. The van der Waals surface area contributed by atoms with Crippen molar-refractivity contribution in [2.45, 2.75) is 105 Å². The molecule has 0 bridgehead atoms. The Morgan fingerprint density at radius 3 is 1.24 bits per heavy atom. The van der Waals surface area contributed by atoms with Gasteiger partial charge in [-0.1, -0.05) is 39.5 Å². The standard InChI is InChI=1S/2C10H23N.C4H6O7S/c2*1-4-7-8-9-10-11(5-2)6-3;5-3(6)1-2(4(7)8)12(9,10)11/h2*4-10H2,1-3H3;2H,1H2,(H,5,6)(H,7,8)(H,9,10,11). The van der Waals surface area contributed by atoms with E-state index in [0.29, 0.717) is 0 Å². The fourth-order valence-corrected chi connectivity index (χ4v) is 3.86. The highest BCUT2D eigenvalue weighted by Gasteiger charge is 2.24. The zero-order chi connectivity index (χ0) is 27.0. The number of rotatable bonds is 18. The highest BCUT2D eigenvalue weighted by molar-refractivity contribution is 7.87. The van der Waals surface area contributed by atoms with Gasteiger partial charge in [0.15, 0.2) is 0 Å². The van der Waals surface area contributed by atoms with Gasteiger partial charge in [0.05, 0.1) is 45.2 Å². The van der Waals surface area contributed by atoms with Crippen LogP contribution in [-0.4, -0.2) is 69.4 Å². The first-order chi connectivity index (χ1) is 15.9. The van der Waals surface area contributed by atoms with E-state index in [4.69, 9.17) is 4.55 Å². The Bertz CT molecular complexity index is 558. The monoisotopic (exact) mass is 512 g/mol. The van der Waals surface area contributed by atoms with Gasteiger partial charge in [0.2, 0.25) is 0 Å². The summed E-state index contributed by atoms with van der Waals surface area (Å²) in [5.74, 6) is -4.08. The molecule has 0 saturated heterocycles. The van der Waals surface area contributed by atoms with Gasteiger partial charge in [0, 0.05) is 12.4 Å². The van der Waals surface area contributed by atoms with Gasteiger partial charge in [-0.3, -0.25) is 4.55 Å². The van der Waals surface area contributed by atoms with E-state index < -0.39 is 33.7 Å². The van der Waals surface area contributed by atoms with Gasteiger partial charge in [-0.25, -0.2) is 0 Å². The van der Waals surface area contributed by atoms with Crippen LogP contribution in [0.2, 0.25) is 0 Å². The molecule has 9 nitrogen and oxygen atoms in total. The van der Waals surface area contributed by atoms with Crippen LogP contribution in [0.4, 0.5) is 0 Å². The molecule has 10 heteroatoms. The number of unbranched alkanes of at least 4 members (excludes halogenated alkanes) is 6. The first-order valence-electron chi connectivity index (χ1n) is 13.0. The second kappa shape index (κ2) is 24.9. The van der Waals surface area contributed by atoms with Gasteiger partial charge in [-0.15, -0.1) is 0 Å². The van der Waals surface area contributed by atoms with E-state index in [1.807, 2.05) is 0 Å². The molecule has 0 radical (unpaired) electrons. The summed E-state index contributed by atoms with van der Waals surface area (Å²) in [6.45, 7) is 21.6. The molecule has 0 aliphatic carbocycles. The van der Waals surface area contributed by atoms with Crippen molar-refractivity contribution < 1.29 is 42.6 Å². The molecule has 1 unspecified atom stereocenters. The number of aliphatic carboxylic acids is 2. The number of hydrogen-bond donors (Lipinski definition) is 3. The highest BCUT2D eigenvalue weighted by atomic mass is 32.2. The molecular weight excluding hydrogens is 460 g/mol. The van der Waals surface area contributed by atoms with E-state index in [2.05, 4.69) is 41.5 Å². The number of carbonyl (C=O) groups excluding carboxylic acids is 2. The molecule has 34 heavy (non-hydrogen) atoms. The third-order valence-corrected chi connectivity index (χ3v) is 6.82. The zero-order valence-corrected chi connectivity index (χ0v) is 23.3. The minimum atomic E-state index is -4.94. The largest absolute Gasteiger partial charge is 0.550 e. The molecule has 0 amide bonds. The van der Waals surface area contributed by atoms with E-state index in [9.17, 15) is 28.2 Å². The van der Waals surface area contributed by atoms with Crippen LogP contribution < -0.4 is 20.0 Å². The summed E-state index contributed by atoms with van der Waals surface area (Å²) in [5.41, 5.74) is 0. The van der Waals surface area contributed by atoms with Gasteiger partial charge >= 0.3 is 0 Å². The summed E-state index contributed by atoms with van der Waals surface area (Å²) in [6, 6.07) is 0. The van der Waals surface area contributed by atoms with E-state index in [-0.39, 0.29) is 0 Å². The first-order valence-corrected chi connectivity index (χ1v) is 14.5. The third-order valence-electron chi connectivity index (χ3n) is 5.74. The lowest BCUT2D eigenvalue weighted by Crippen LogP contribution is -3.11. The fourth-order valence-electron chi connectivity index (χ4n) is 3.27. The Kier molecular flexibility index (Phi) is 27.3. The van der Waals surface area contributed by atoms with Crippen molar-refractivity contribution in [2.75, 3.05) is 39.3 Å². The molecule has 3 N–H and O–H groups in total. The van der Waals surface area contributed by atoms with Crippen LogP contribution in [0, 0.1) is 0 Å². The molecule has 0 saturated carbocycles. The second-order valence-electron chi connectivity index (χ2n) is 8.43. The number of carboxylic acids is 2. The zero-order valence-electron chi connectivity index (χ0n) is 22.5. The predicted octanol–water partition coefficient (Wildman–Crippen LogP) is -0.884. The Balaban J connectivity index is -0.000000425. The van der Waals surface area contributed by atoms with E-state index in [1.165, 1.54) is 90.6 Å². The van der Waals surface area contributed by atoms with Crippen molar-refractivity contribution >= 4 is 22.1 Å². The van der Waals surface area contributed by atoms with Gasteiger partial charge in [-0.2, -0.15) is 8.42 Å². The van der Waals surface area contributed by atoms with Crippen molar-refractivity contribution in [2.24, 2.45) is 0 Å². The van der Waals surface area contributed by atoms with Crippen molar-refractivity contribution in [3.05, 3.63) is 0 Å². The van der Waals surface area contributed by atoms with Crippen LogP contribution in [-0.2, 0) is 19.7 Å². The lowest BCUT2D eigenvalue weighted by molar-refractivity contribution is -0.896. The molecule has 0 aliphatic heterocycles. The third kappa shape index (κ3) is 25.4. The molecule has 0 rings (SSSR count). The molecule has 0 heterocycles. The van der Waals surface area contributed by atoms with Crippen LogP contribution in [0.1, 0.15) is 99.3 Å². The molecule has 0 aromatic heterocycles. The number of carboxylic acid groups (broad SMARTS) is 2. The van der Waals surface area contributed by atoms with E-state index in [0.717, 1.165) is 0 Å². The van der Waals surface area contributed by atoms with Crippen molar-refractivity contribution in [3.63, 3.8) is 0 Å². The minimum Gasteiger partial charge on any atom is -0.550 e. The summed E-state index contributed by atoms with van der Waals surface area (Å²) in [7, 11) is -4.94. The van der Waals surface area contributed by atoms with E-state index in [1.54, 1.807) is 9.80 Å². The Morgan fingerprint density at radius 1 is 0.706 bits per heavy atom. The van der Waals surface area contributed by atoms with Gasteiger partial charge in [-0.05, 0) is 53.4 Å². The van der Waals surface area contributed by atoms with E-state index >= 15 is 0 Å². The summed E-state index contributed by atoms with van der Waals surface area (Å²) in [4.78, 5) is 23.2. The molecule has 1 atom stereocenters. The molecule has 0 fully saturated rings. The van der Waals surface area contributed by atoms with Crippen LogP contribution in [0.15, 0.2) is 0 Å². The highest BCUT2D eigenvalue weighted by Crippen LogP contribution is 2.02. The second-order valence-corrected chi connectivity index (χ2v) is 10.0. The fraction of sp³-hybridized carbons (Fsp3) is 0.917. The summed E-state index contributed by atoms with van der Waals surface area (Å²) >= 11 is 0. The number of carbonyl (C=O) groups is 2. The lowest BCUT2D eigenvalue weighted by Gasteiger charge is -2.14. The molecular formula is C24H52N2O7S. The number of hydrogen-bond acceptors (Lipinski definition) is 6. The van der Waals surface area contributed by atoms with Gasteiger partial charge < -0.3 is 29.6 Å². The number of nitrogens with one attached hydrogen (secondary N) is 2. The predicted molar refractivity (Wildman–Crippen MR) is 132 cm³/mol. The average molecular weight is 513 g/mol. The SMILES string of the molecule is CCCCCC[NH+](CC)CC.CCCCCC[NH+](CC)CC.O=C([O-])CC(C(=O)[O-])S(=O)(=O)O. The van der Waals surface area contributed by atoms with Crippen LogP contribution in [0.3, 0.4) is 0 Å². The number of quaternary nitrogens is 2. The molecule has 0 aromatic rings. The molecule has 0 aromatic carbocycles. The Labute approximate surface area is 208 Å². The Morgan fingerprint density at radius 2 is 1.06 bits per heavy atom. The molecule has 0 aliphatic rings. The Hall–Kier alpha value is -1.23. The van der Waals surface area contributed by atoms with Crippen molar-refractivity contribution in [3.8, 4) is 0 Å². The van der Waals surface area contributed by atoms with Crippen molar-refractivity contribution in [1.29, 1.82) is 0 Å². The quantitative estimate of drug-likeness (QED) is 0.160. The summed E-state index contributed by atoms with van der Waals surface area (Å²) < 4.78 is 28.5. The normalized spacial score (nSPS) is 11.9. The summed E-state index contributed by atoms with van der Waals surface area (Å²) in [5, 5.41) is 17.3. The van der Waals surface area contributed by atoms with Crippen LogP contribution >= 0.6 is 0 Å². The van der Waals surface area contributed by atoms with Crippen molar-refractivity contribution in [1.82, 2.24) is 0 Å². The molecule has 206 valence electrons. The van der Waals surface area contributed by atoms with Crippen LogP contribution in [0.5, 0.6) is 0 Å². The average Bonchev–Trinajstić information content (AvgIpc) is 2.78. The molecule has 0 spiro atoms. The minimum absolute atomic E-state index is 1.29. The topological polar surface area (TPSA) is 144 Å². The maximum atomic E-state index is 10.2. The maximum absolute atomic E-state index is 10.2.